The van der Waals surface area contributed by atoms with E-state index in [9.17, 15) is 14.9 Å². The van der Waals surface area contributed by atoms with Gasteiger partial charge in [-0.05, 0) is 6.72 Å². The van der Waals surface area contributed by atoms with Crippen molar-refractivity contribution in [3.63, 3.8) is 0 Å². The number of hydrogen-bond donors (Lipinski definition) is 1. The highest BCUT2D eigenvalue weighted by Gasteiger charge is 2.31. The van der Waals surface area contributed by atoms with Crippen LogP contribution in [0.15, 0.2) is 41.7 Å². The first-order valence-electron chi connectivity index (χ1n) is 10.9. The fraction of sp³-hybridized carbons (Fsp3) is 0.240. The van der Waals surface area contributed by atoms with Gasteiger partial charge in [0.05, 0.1) is 29.8 Å². The number of nitrogens with zero attached hydrogens (tertiary/aromatic N) is 6. The van der Waals surface area contributed by atoms with Gasteiger partial charge in [0.25, 0.3) is 11.7 Å². The van der Waals surface area contributed by atoms with Gasteiger partial charge in [-0.2, -0.15) is 5.26 Å². The lowest BCUT2D eigenvalue weighted by molar-refractivity contribution is -0.127. The summed E-state index contributed by atoms with van der Waals surface area (Å²) in [6.45, 7) is 5.13. The standard InChI is InChI=1S/C25H25N7O3/c1-28-13-16-6-4-5-7-17(16)24(27)31-8-10-32(11-9-31)25(34)23(33)18-15-30(2)22-19(12-26)29-14-20(35-3)21(18)22/h4-7,13-15H,1,8-11,27H2,2-3H3/b16-13-,24-17+. The molecule has 3 aromatic rings. The third kappa shape index (κ3) is 4.19. The summed E-state index contributed by atoms with van der Waals surface area (Å²) >= 11 is 0. The van der Waals surface area contributed by atoms with Crippen LogP contribution in [0.5, 0.6) is 5.75 Å². The molecule has 1 amide bonds. The zero-order chi connectivity index (χ0) is 25.1. The molecule has 1 saturated heterocycles. The molecule has 1 fully saturated rings. The molecule has 2 N–H and O–H groups in total. The Morgan fingerprint density at radius 3 is 2.57 bits per heavy atom. The molecule has 0 atom stereocenters. The molecular formula is C25H25N7O3. The average Bonchev–Trinajstić information content (AvgIpc) is 3.25. The van der Waals surface area contributed by atoms with E-state index in [1.165, 1.54) is 18.2 Å². The number of ketones is 1. The van der Waals surface area contributed by atoms with Crippen molar-refractivity contribution in [3.8, 4) is 11.8 Å². The monoisotopic (exact) mass is 471 g/mol. The number of amides is 1. The number of piperazine rings is 1. The molecule has 35 heavy (non-hydrogen) atoms. The second kappa shape index (κ2) is 9.69. The molecule has 4 rings (SSSR count). The van der Waals surface area contributed by atoms with Crippen LogP contribution >= 0.6 is 0 Å². The number of carbonyl (C=O) groups excluding carboxylic acids is 2. The summed E-state index contributed by atoms with van der Waals surface area (Å²) in [6.07, 6.45) is 4.57. The van der Waals surface area contributed by atoms with E-state index in [0.717, 1.165) is 10.4 Å². The normalized spacial score (nSPS) is 15.1. The molecule has 1 aliphatic rings. The number of benzene rings is 1. The van der Waals surface area contributed by atoms with E-state index in [4.69, 9.17) is 10.5 Å². The molecule has 0 bridgehead atoms. The number of ether oxygens (including phenoxy) is 1. The van der Waals surface area contributed by atoms with Gasteiger partial charge in [0.15, 0.2) is 5.69 Å². The second-order valence-electron chi connectivity index (χ2n) is 8.06. The maximum absolute atomic E-state index is 13.3. The van der Waals surface area contributed by atoms with E-state index < -0.39 is 11.7 Å². The van der Waals surface area contributed by atoms with Crippen LogP contribution in [0.4, 0.5) is 0 Å². The zero-order valence-electron chi connectivity index (χ0n) is 19.6. The van der Waals surface area contributed by atoms with Crippen molar-refractivity contribution in [2.24, 2.45) is 17.8 Å². The number of Topliss-reactive ketones (excluding diaryl/α,β-unsaturated/α-hetero) is 1. The summed E-state index contributed by atoms with van der Waals surface area (Å²) in [5.41, 5.74) is 7.21. The zero-order valence-corrected chi connectivity index (χ0v) is 19.6. The van der Waals surface area contributed by atoms with Gasteiger partial charge in [0, 0.05) is 56.1 Å². The minimum absolute atomic E-state index is 0.151. The highest BCUT2D eigenvalue weighted by Crippen LogP contribution is 2.32. The fourth-order valence-electron chi connectivity index (χ4n) is 4.34. The number of aryl methyl sites for hydroxylation is 1. The molecule has 0 unspecified atom stereocenters. The Balaban J connectivity index is 1.59. The Kier molecular flexibility index (Phi) is 6.51. The van der Waals surface area contributed by atoms with Gasteiger partial charge in [-0.15, -0.1) is 0 Å². The molecule has 0 saturated carbocycles. The molecule has 10 nitrogen and oxygen atoms in total. The lowest BCUT2D eigenvalue weighted by atomic mass is 10.1. The summed E-state index contributed by atoms with van der Waals surface area (Å²) in [7, 11) is 3.15. The van der Waals surface area contributed by atoms with Crippen LogP contribution in [0.3, 0.4) is 0 Å². The van der Waals surface area contributed by atoms with Gasteiger partial charge in [0.2, 0.25) is 0 Å². The molecule has 1 aliphatic heterocycles. The molecule has 2 aromatic heterocycles. The third-order valence-corrected chi connectivity index (χ3v) is 6.10. The second-order valence-corrected chi connectivity index (χ2v) is 8.06. The first-order chi connectivity index (χ1) is 16.9. The molecule has 0 aliphatic carbocycles. The van der Waals surface area contributed by atoms with E-state index in [0.29, 0.717) is 48.7 Å². The van der Waals surface area contributed by atoms with Crippen LogP contribution in [0.25, 0.3) is 22.9 Å². The van der Waals surface area contributed by atoms with E-state index in [1.807, 2.05) is 35.2 Å². The number of hydrogen-bond acceptors (Lipinski definition) is 8. The molecule has 1 aromatic carbocycles. The Hall–Kier alpha value is -4.65. The number of rotatable bonds is 5. The number of carbonyl (C=O) groups is 2. The van der Waals surface area contributed by atoms with Gasteiger partial charge in [-0.25, -0.2) is 4.98 Å². The van der Waals surface area contributed by atoms with Crippen molar-refractivity contribution in [2.75, 3.05) is 33.3 Å². The van der Waals surface area contributed by atoms with Gasteiger partial charge in [-0.3, -0.25) is 14.6 Å². The molecule has 3 heterocycles. The van der Waals surface area contributed by atoms with Crippen LogP contribution in [0.2, 0.25) is 0 Å². The summed E-state index contributed by atoms with van der Waals surface area (Å²) in [5.74, 6) is -0.370. The van der Waals surface area contributed by atoms with Crippen molar-refractivity contribution in [1.29, 1.82) is 5.26 Å². The molecule has 0 radical (unpaired) electrons. The highest BCUT2D eigenvalue weighted by molar-refractivity contribution is 6.45. The summed E-state index contributed by atoms with van der Waals surface area (Å²) in [5, 5.41) is 11.5. The topological polar surface area (TPSA) is 130 Å². The van der Waals surface area contributed by atoms with E-state index in [-0.39, 0.29) is 11.3 Å². The van der Waals surface area contributed by atoms with Crippen LogP contribution in [0, 0.1) is 11.3 Å². The Bertz CT molecular complexity index is 1490. The number of pyridine rings is 1. The van der Waals surface area contributed by atoms with Crippen molar-refractivity contribution in [2.45, 2.75) is 0 Å². The number of aliphatic imine (C=N–C) groups is 1. The number of aromatic nitrogens is 2. The van der Waals surface area contributed by atoms with Crippen LogP contribution in [-0.4, -0.2) is 71.0 Å². The maximum atomic E-state index is 13.3. The minimum Gasteiger partial charge on any atom is -0.494 e. The minimum atomic E-state index is -0.661. The summed E-state index contributed by atoms with van der Waals surface area (Å²) in [4.78, 5) is 37.9. The smallest absolute Gasteiger partial charge is 0.295 e. The van der Waals surface area contributed by atoms with E-state index >= 15 is 0 Å². The van der Waals surface area contributed by atoms with Crippen molar-refractivity contribution in [3.05, 3.63) is 58.4 Å². The van der Waals surface area contributed by atoms with Gasteiger partial charge in [-0.1, -0.05) is 24.3 Å². The summed E-state index contributed by atoms with van der Waals surface area (Å²) in [6, 6.07) is 9.63. The lowest BCUT2D eigenvalue weighted by Crippen LogP contribution is -2.52. The van der Waals surface area contributed by atoms with E-state index in [1.54, 1.807) is 24.0 Å². The molecule has 10 heteroatoms. The van der Waals surface area contributed by atoms with E-state index in [2.05, 4.69) is 16.7 Å². The van der Waals surface area contributed by atoms with Crippen LogP contribution < -0.4 is 20.9 Å². The number of methoxy groups -OCH3 is 1. The Morgan fingerprint density at radius 1 is 1.23 bits per heavy atom. The quantitative estimate of drug-likeness (QED) is 0.314. The fourth-order valence-corrected chi connectivity index (χ4v) is 4.34. The predicted octanol–water partition coefficient (Wildman–Crippen LogP) is -0.0563. The average molecular weight is 472 g/mol. The van der Waals surface area contributed by atoms with Crippen molar-refractivity contribution < 1.29 is 14.3 Å². The maximum Gasteiger partial charge on any atom is 0.295 e. The number of nitriles is 1. The predicted molar refractivity (Wildman–Crippen MR) is 132 cm³/mol. The molecular weight excluding hydrogens is 446 g/mol. The van der Waals surface area contributed by atoms with Crippen LogP contribution in [-0.2, 0) is 11.8 Å². The van der Waals surface area contributed by atoms with Crippen molar-refractivity contribution in [1.82, 2.24) is 19.4 Å². The van der Waals surface area contributed by atoms with Gasteiger partial charge < -0.3 is 24.8 Å². The van der Waals surface area contributed by atoms with Crippen molar-refractivity contribution >= 4 is 41.3 Å². The highest BCUT2D eigenvalue weighted by atomic mass is 16.5. The molecule has 0 spiro atoms. The Morgan fingerprint density at radius 2 is 1.91 bits per heavy atom. The number of nitrogens with two attached hydrogens (primary N) is 1. The first kappa shape index (κ1) is 23.5. The first-order valence-corrected chi connectivity index (χ1v) is 10.9. The summed E-state index contributed by atoms with van der Waals surface area (Å²) < 4.78 is 6.98. The molecule has 178 valence electrons. The van der Waals surface area contributed by atoms with Gasteiger partial charge in [0.1, 0.15) is 17.6 Å². The van der Waals surface area contributed by atoms with Crippen LogP contribution in [0.1, 0.15) is 16.1 Å². The largest absolute Gasteiger partial charge is 0.494 e. The number of fused-ring (bicyclic) bond motifs is 1. The SMILES string of the molecule is C=N/C=c1/cccc/c1=C(/N)N1CCN(C(=O)C(=O)c2cn(C)c3c(C#N)ncc(OC)c23)CC1. The van der Waals surface area contributed by atoms with Gasteiger partial charge >= 0.3 is 0 Å². The lowest BCUT2D eigenvalue weighted by Gasteiger charge is -2.35. The Labute approximate surface area is 201 Å². The third-order valence-electron chi connectivity index (χ3n) is 6.10.